The Morgan fingerprint density at radius 3 is 2.48 bits per heavy atom. The lowest BCUT2D eigenvalue weighted by atomic mass is 10.2. The second-order valence-electron chi connectivity index (χ2n) is 5.92. The minimum Gasteiger partial charge on any atom is -0.369 e. The summed E-state index contributed by atoms with van der Waals surface area (Å²) in [5.74, 6) is 6.00. The molecular formula is C17H30N2O4S2. The van der Waals surface area contributed by atoms with E-state index in [4.69, 9.17) is 9.47 Å². The number of nitrogens with one attached hydrogen (secondary N) is 2. The summed E-state index contributed by atoms with van der Waals surface area (Å²) in [5.41, 5.74) is 0. The molecule has 0 aromatic rings. The fraction of sp³-hybridized carbons (Fsp3) is 0.765. The van der Waals surface area contributed by atoms with Crippen LogP contribution in [0.4, 0.5) is 0 Å². The summed E-state index contributed by atoms with van der Waals surface area (Å²) in [6.45, 7) is 10.7. The first kappa shape index (κ1) is 24.1. The molecule has 0 aromatic carbocycles. The van der Waals surface area contributed by atoms with Gasteiger partial charge in [-0.05, 0) is 13.8 Å². The molecule has 25 heavy (non-hydrogen) atoms. The first-order valence-corrected chi connectivity index (χ1v) is 10.6. The second-order valence-corrected chi connectivity index (χ2v) is 8.78. The van der Waals surface area contributed by atoms with Crippen LogP contribution in [-0.2, 0) is 19.1 Å². The van der Waals surface area contributed by atoms with E-state index in [1.807, 2.05) is 34.6 Å². The quantitative estimate of drug-likeness (QED) is 0.231. The van der Waals surface area contributed by atoms with E-state index in [9.17, 15) is 9.59 Å². The Balaban J connectivity index is 3.58. The fourth-order valence-electron chi connectivity index (χ4n) is 1.39. The largest absolute Gasteiger partial charge is 0.369 e. The van der Waals surface area contributed by atoms with Crippen LogP contribution in [0.15, 0.2) is 0 Å². The van der Waals surface area contributed by atoms with E-state index in [2.05, 4.69) is 22.5 Å². The number of amides is 2. The lowest BCUT2D eigenvalue weighted by molar-refractivity contribution is -0.126. The van der Waals surface area contributed by atoms with Crippen molar-refractivity contribution in [2.75, 3.05) is 32.3 Å². The Kier molecular flexibility index (Phi) is 13.8. The summed E-state index contributed by atoms with van der Waals surface area (Å²) in [6, 6.07) is 0. The number of carbonyl (C=O) groups excluding carboxylic acids is 2. The summed E-state index contributed by atoms with van der Waals surface area (Å²) >= 11 is 0. The van der Waals surface area contributed by atoms with Gasteiger partial charge in [0.05, 0.1) is 24.6 Å². The van der Waals surface area contributed by atoms with Crippen molar-refractivity contribution in [2.45, 2.75) is 45.9 Å². The third-order valence-corrected chi connectivity index (χ3v) is 5.42. The topological polar surface area (TPSA) is 76.7 Å². The SMILES string of the molecule is CCC#CCNC(=O)COCCOCSSC(C)(C)NC(=O)C(C)C. The van der Waals surface area contributed by atoms with E-state index in [1.165, 1.54) is 10.8 Å². The standard InChI is InChI=1S/C17H30N2O4S2/c1-6-7-8-9-18-15(20)12-22-10-11-23-13-24-25-17(4,5)19-16(21)14(2)3/h14H,6,9-13H2,1-5H3,(H,18,20)(H,19,21). The predicted molar refractivity (Wildman–Crippen MR) is 105 cm³/mol. The van der Waals surface area contributed by atoms with E-state index in [0.29, 0.717) is 25.7 Å². The molecule has 0 radical (unpaired) electrons. The van der Waals surface area contributed by atoms with Crippen molar-refractivity contribution in [3.8, 4) is 11.8 Å². The van der Waals surface area contributed by atoms with E-state index in [-0.39, 0.29) is 29.2 Å². The van der Waals surface area contributed by atoms with Crippen molar-refractivity contribution in [1.82, 2.24) is 10.6 Å². The average Bonchev–Trinajstić information content (AvgIpc) is 2.53. The van der Waals surface area contributed by atoms with Gasteiger partial charge in [-0.25, -0.2) is 0 Å². The summed E-state index contributed by atoms with van der Waals surface area (Å²) in [4.78, 5) is 22.7. The number of hydrogen-bond acceptors (Lipinski definition) is 6. The van der Waals surface area contributed by atoms with Gasteiger partial charge in [-0.15, -0.1) is 5.92 Å². The highest BCUT2D eigenvalue weighted by atomic mass is 33.1. The highest BCUT2D eigenvalue weighted by Crippen LogP contribution is 2.33. The Labute approximate surface area is 159 Å². The lowest BCUT2D eigenvalue weighted by Crippen LogP contribution is -2.42. The van der Waals surface area contributed by atoms with Crippen LogP contribution >= 0.6 is 21.6 Å². The third-order valence-electron chi connectivity index (χ3n) is 2.63. The molecule has 0 rings (SSSR count). The van der Waals surface area contributed by atoms with Crippen LogP contribution < -0.4 is 10.6 Å². The monoisotopic (exact) mass is 390 g/mol. The van der Waals surface area contributed by atoms with Crippen LogP contribution in [0, 0.1) is 17.8 Å². The number of carbonyl (C=O) groups is 2. The first-order chi connectivity index (χ1) is 11.8. The van der Waals surface area contributed by atoms with Gasteiger partial charge >= 0.3 is 0 Å². The highest BCUT2D eigenvalue weighted by molar-refractivity contribution is 8.77. The van der Waals surface area contributed by atoms with Crippen LogP contribution in [0.5, 0.6) is 0 Å². The zero-order valence-electron chi connectivity index (χ0n) is 15.8. The molecule has 0 aromatic heterocycles. The fourth-order valence-corrected chi connectivity index (χ4v) is 3.42. The average molecular weight is 391 g/mol. The van der Waals surface area contributed by atoms with E-state index >= 15 is 0 Å². The van der Waals surface area contributed by atoms with Gasteiger partial charge in [0, 0.05) is 12.3 Å². The smallest absolute Gasteiger partial charge is 0.246 e. The van der Waals surface area contributed by atoms with Crippen LogP contribution in [0.3, 0.4) is 0 Å². The molecule has 0 aliphatic heterocycles. The van der Waals surface area contributed by atoms with Gasteiger partial charge in [-0.1, -0.05) is 48.3 Å². The Hall–Kier alpha value is -0.880. The maximum Gasteiger partial charge on any atom is 0.246 e. The molecule has 0 aliphatic rings. The van der Waals surface area contributed by atoms with Crippen molar-refractivity contribution >= 4 is 33.4 Å². The molecule has 8 heteroatoms. The van der Waals surface area contributed by atoms with Gasteiger partial charge in [0.1, 0.15) is 12.5 Å². The molecule has 0 aliphatic carbocycles. The number of ether oxygens (including phenoxy) is 2. The molecule has 0 saturated heterocycles. The van der Waals surface area contributed by atoms with Gasteiger partial charge < -0.3 is 20.1 Å². The van der Waals surface area contributed by atoms with Crippen molar-refractivity contribution in [3.63, 3.8) is 0 Å². The zero-order chi connectivity index (χ0) is 19.1. The van der Waals surface area contributed by atoms with Gasteiger partial charge in [0.15, 0.2) is 0 Å². The van der Waals surface area contributed by atoms with Gasteiger partial charge in [-0.3, -0.25) is 9.59 Å². The molecule has 0 heterocycles. The van der Waals surface area contributed by atoms with E-state index in [1.54, 1.807) is 10.8 Å². The molecule has 0 unspecified atom stereocenters. The van der Waals surface area contributed by atoms with E-state index < -0.39 is 0 Å². The van der Waals surface area contributed by atoms with Crippen molar-refractivity contribution in [3.05, 3.63) is 0 Å². The summed E-state index contributed by atoms with van der Waals surface area (Å²) in [6.07, 6.45) is 0.779. The van der Waals surface area contributed by atoms with Gasteiger partial charge in [0.25, 0.3) is 0 Å². The molecule has 0 fully saturated rings. The first-order valence-electron chi connectivity index (χ1n) is 8.29. The Morgan fingerprint density at radius 1 is 1.16 bits per heavy atom. The summed E-state index contributed by atoms with van der Waals surface area (Å²) in [5, 5.41) is 5.62. The molecule has 6 nitrogen and oxygen atoms in total. The molecular weight excluding hydrogens is 360 g/mol. The number of rotatable bonds is 12. The van der Waals surface area contributed by atoms with Crippen LogP contribution in [0.25, 0.3) is 0 Å². The lowest BCUT2D eigenvalue weighted by Gasteiger charge is -2.25. The summed E-state index contributed by atoms with van der Waals surface area (Å²) in [7, 11) is 3.07. The van der Waals surface area contributed by atoms with E-state index in [0.717, 1.165) is 6.42 Å². The molecule has 144 valence electrons. The van der Waals surface area contributed by atoms with Crippen molar-refractivity contribution in [2.24, 2.45) is 5.92 Å². The molecule has 0 atom stereocenters. The maximum absolute atomic E-state index is 11.7. The normalized spacial score (nSPS) is 11.0. The molecule has 2 N–H and O–H groups in total. The zero-order valence-corrected chi connectivity index (χ0v) is 17.4. The third kappa shape index (κ3) is 15.1. The minimum absolute atomic E-state index is 0.00726. The van der Waals surface area contributed by atoms with Crippen molar-refractivity contribution < 1.29 is 19.1 Å². The predicted octanol–water partition coefficient (Wildman–Crippen LogP) is 2.40. The molecule has 2 amide bonds. The van der Waals surface area contributed by atoms with Gasteiger partial charge in [-0.2, -0.15) is 0 Å². The Morgan fingerprint density at radius 2 is 1.84 bits per heavy atom. The summed E-state index contributed by atoms with van der Waals surface area (Å²) < 4.78 is 10.6. The molecule has 0 bridgehead atoms. The maximum atomic E-state index is 11.7. The Bertz CT molecular complexity index is 459. The molecule has 0 saturated carbocycles. The van der Waals surface area contributed by atoms with Crippen molar-refractivity contribution in [1.29, 1.82) is 0 Å². The van der Waals surface area contributed by atoms with Crippen LogP contribution in [0.1, 0.15) is 41.0 Å². The highest BCUT2D eigenvalue weighted by Gasteiger charge is 2.22. The number of hydrogen-bond donors (Lipinski definition) is 2. The van der Waals surface area contributed by atoms with Crippen LogP contribution in [0.2, 0.25) is 0 Å². The van der Waals surface area contributed by atoms with Gasteiger partial charge in [0.2, 0.25) is 11.8 Å². The van der Waals surface area contributed by atoms with Crippen LogP contribution in [-0.4, -0.2) is 49.0 Å². The molecule has 0 spiro atoms. The minimum atomic E-state index is -0.357. The second kappa shape index (κ2) is 14.3.